The Kier molecular flexibility index (Phi) is 7.48. The molecule has 1 aromatic heterocycles. The molecule has 1 heterocycles. The highest BCUT2D eigenvalue weighted by Gasteiger charge is 2.37. The van der Waals surface area contributed by atoms with Crippen LogP contribution >= 0.6 is 11.6 Å². The highest BCUT2D eigenvalue weighted by molar-refractivity contribution is 6.35. The number of nitrogens with zero attached hydrogens (tertiary/aromatic N) is 2. The van der Waals surface area contributed by atoms with Gasteiger partial charge in [-0.15, -0.1) is 0 Å². The van der Waals surface area contributed by atoms with Crippen molar-refractivity contribution in [3.8, 4) is 0 Å². The van der Waals surface area contributed by atoms with E-state index in [0.717, 1.165) is 9.47 Å². The van der Waals surface area contributed by atoms with Gasteiger partial charge in [-0.3, -0.25) is 14.2 Å². The SMILES string of the molecule is CC(c1cc2cccc(Cl)c2c(=O)n1CC(=O)O)N(C(=O)OC(C)(C)C)C(=O)OC(C)(C)C. The number of fused-ring (bicyclic) bond motifs is 1. The zero-order valence-corrected chi connectivity index (χ0v) is 20.5. The Labute approximate surface area is 196 Å². The van der Waals surface area contributed by atoms with Crippen molar-refractivity contribution in [2.24, 2.45) is 0 Å². The second-order valence-electron chi connectivity index (χ2n) is 9.56. The van der Waals surface area contributed by atoms with E-state index >= 15 is 0 Å². The maximum absolute atomic E-state index is 13.2. The molecule has 1 N–H and O–H groups in total. The number of rotatable bonds is 4. The molecule has 1 aromatic carbocycles. The number of aliphatic carboxylic acids is 1. The lowest BCUT2D eigenvalue weighted by Crippen LogP contribution is -2.46. The number of carbonyl (C=O) groups is 3. The fourth-order valence-corrected chi connectivity index (χ4v) is 3.43. The van der Waals surface area contributed by atoms with Crippen LogP contribution in [0, 0.1) is 0 Å². The van der Waals surface area contributed by atoms with Crippen LogP contribution in [-0.2, 0) is 20.8 Å². The molecule has 0 aliphatic carbocycles. The summed E-state index contributed by atoms with van der Waals surface area (Å²) >= 11 is 6.19. The third-order valence-corrected chi connectivity index (χ3v) is 4.72. The van der Waals surface area contributed by atoms with E-state index in [-0.39, 0.29) is 16.1 Å². The number of halogens is 1. The Morgan fingerprint density at radius 1 is 1.06 bits per heavy atom. The van der Waals surface area contributed by atoms with Crippen molar-refractivity contribution in [1.82, 2.24) is 9.47 Å². The number of imide groups is 1. The van der Waals surface area contributed by atoms with E-state index in [4.69, 9.17) is 21.1 Å². The van der Waals surface area contributed by atoms with Crippen LogP contribution in [0.2, 0.25) is 5.02 Å². The van der Waals surface area contributed by atoms with E-state index < -0.39 is 47.5 Å². The summed E-state index contributed by atoms with van der Waals surface area (Å²) in [7, 11) is 0. The molecule has 0 fully saturated rings. The molecular formula is C23H29ClN2O7. The molecule has 9 nitrogen and oxygen atoms in total. The van der Waals surface area contributed by atoms with Gasteiger partial charge in [0, 0.05) is 5.69 Å². The first-order chi connectivity index (χ1) is 15.0. The van der Waals surface area contributed by atoms with Crippen molar-refractivity contribution in [3.63, 3.8) is 0 Å². The Bertz CT molecular complexity index is 1110. The Morgan fingerprint density at radius 3 is 2.03 bits per heavy atom. The number of carboxylic acid groups (broad SMARTS) is 1. The minimum Gasteiger partial charge on any atom is -0.480 e. The molecule has 2 rings (SSSR count). The normalized spacial score (nSPS) is 12.8. The summed E-state index contributed by atoms with van der Waals surface area (Å²) in [6.07, 6.45) is -1.99. The lowest BCUT2D eigenvalue weighted by Gasteiger charge is -2.33. The van der Waals surface area contributed by atoms with Gasteiger partial charge in [0.25, 0.3) is 5.56 Å². The van der Waals surface area contributed by atoms with Crippen LogP contribution in [-0.4, -0.2) is 43.9 Å². The van der Waals surface area contributed by atoms with Crippen LogP contribution in [0.1, 0.15) is 60.2 Å². The van der Waals surface area contributed by atoms with E-state index in [1.807, 2.05) is 0 Å². The third-order valence-electron chi connectivity index (χ3n) is 4.41. The molecule has 0 saturated heterocycles. The summed E-state index contributed by atoms with van der Waals surface area (Å²) in [6, 6.07) is 5.21. The first kappa shape index (κ1) is 26.2. The van der Waals surface area contributed by atoms with Gasteiger partial charge in [-0.25, -0.2) is 14.5 Å². The van der Waals surface area contributed by atoms with Gasteiger partial charge in [-0.2, -0.15) is 0 Å². The number of aromatic nitrogens is 1. The highest BCUT2D eigenvalue weighted by Crippen LogP contribution is 2.28. The number of pyridine rings is 1. The van der Waals surface area contributed by atoms with Crippen LogP contribution in [0.3, 0.4) is 0 Å². The summed E-state index contributed by atoms with van der Waals surface area (Å²) < 4.78 is 11.8. The molecule has 2 amide bonds. The van der Waals surface area contributed by atoms with Gasteiger partial charge in [0.05, 0.1) is 16.5 Å². The molecule has 33 heavy (non-hydrogen) atoms. The molecule has 180 valence electrons. The minimum absolute atomic E-state index is 0.105. The second kappa shape index (κ2) is 9.43. The van der Waals surface area contributed by atoms with E-state index in [0.29, 0.717) is 5.39 Å². The van der Waals surface area contributed by atoms with Crippen LogP contribution < -0.4 is 5.56 Å². The molecule has 1 unspecified atom stereocenters. The number of carboxylic acids is 1. The predicted molar refractivity (Wildman–Crippen MR) is 124 cm³/mol. The predicted octanol–water partition coefficient (Wildman–Crippen LogP) is 4.97. The van der Waals surface area contributed by atoms with Gasteiger partial charge in [-0.1, -0.05) is 23.7 Å². The maximum atomic E-state index is 13.2. The second-order valence-corrected chi connectivity index (χ2v) is 9.97. The average Bonchev–Trinajstić information content (AvgIpc) is 2.60. The first-order valence-electron chi connectivity index (χ1n) is 10.3. The van der Waals surface area contributed by atoms with Gasteiger partial charge in [0.1, 0.15) is 17.7 Å². The molecule has 0 spiro atoms. The lowest BCUT2D eigenvalue weighted by molar-refractivity contribution is -0.137. The molecule has 10 heteroatoms. The number of hydrogen-bond acceptors (Lipinski definition) is 6. The van der Waals surface area contributed by atoms with Crippen LogP contribution in [0.25, 0.3) is 10.8 Å². The van der Waals surface area contributed by atoms with Crippen LogP contribution in [0.4, 0.5) is 9.59 Å². The Morgan fingerprint density at radius 2 is 1.58 bits per heavy atom. The average molecular weight is 481 g/mol. The number of amides is 2. The summed E-state index contributed by atoms with van der Waals surface area (Å²) in [4.78, 5) is 51.5. The summed E-state index contributed by atoms with van der Waals surface area (Å²) in [6.45, 7) is 10.6. The van der Waals surface area contributed by atoms with Gasteiger partial charge in [-0.05, 0) is 66.0 Å². The van der Waals surface area contributed by atoms with Crippen molar-refractivity contribution < 1.29 is 29.0 Å². The Hall–Kier alpha value is -3.07. The van der Waals surface area contributed by atoms with Gasteiger partial charge < -0.3 is 14.6 Å². The maximum Gasteiger partial charge on any atom is 0.420 e. The fraction of sp³-hybridized carbons (Fsp3) is 0.478. The monoisotopic (exact) mass is 480 g/mol. The Balaban J connectivity index is 2.74. The van der Waals surface area contributed by atoms with Crippen molar-refractivity contribution >= 4 is 40.5 Å². The van der Waals surface area contributed by atoms with Gasteiger partial charge in [0.2, 0.25) is 0 Å². The molecule has 1 atom stereocenters. The van der Waals surface area contributed by atoms with Crippen molar-refractivity contribution in [3.05, 3.63) is 45.3 Å². The van der Waals surface area contributed by atoms with Gasteiger partial charge in [0.15, 0.2) is 0 Å². The van der Waals surface area contributed by atoms with Crippen LogP contribution in [0.15, 0.2) is 29.1 Å². The lowest BCUT2D eigenvalue weighted by atomic mass is 10.1. The summed E-state index contributed by atoms with van der Waals surface area (Å²) in [5.74, 6) is -1.28. The first-order valence-corrected chi connectivity index (χ1v) is 10.7. The molecule has 0 radical (unpaired) electrons. The van der Waals surface area contributed by atoms with Gasteiger partial charge >= 0.3 is 18.2 Å². The zero-order valence-electron chi connectivity index (χ0n) is 19.8. The molecule has 0 aliphatic rings. The third kappa shape index (κ3) is 6.47. The number of carbonyl (C=O) groups excluding carboxylic acids is 2. The smallest absolute Gasteiger partial charge is 0.420 e. The molecule has 0 bridgehead atoms. The van der Waals surface area contributed by atoms with Crippen LogP contribution in [0.5, 0.6) is 0 Å². The molecule has 2 aromatic rings. The number of hydrogen-bond donors (Lipinski definition) is 1. The van der Waals surface area contributed by atoms with E-state index in [1.165, 1.54) is 19.1 Å². The fourth-order valence-electron chi connectivity index (χ4n) is 3.17. The molecule has 0 saturated carbocycles. The van der Waals surface area contributed by atoms with E-state index in [2.05, 4.69) is 0 Å². The number of ether oxygens (including phenoxy) is 2. The summed E-state index contributed by atoms with van der Waals surface area (Å²) in [5.41, 5.74) is -2.40. The topological polar surface area (TPSA) is 115 Å². The van der Waals surface area contributed by atoms with Crippen molar-refractivity contribution in [2.75, 3.05) is 0 Å². The molecular weight excluding hydrogens is 452 g/mol. The van der Waals surface area contributed by atoms with E-state index in [1.54, 1.807) is 53.7 Å². The van der Waals surface area contributed by atoms with E-state index in [9.17, 15) is 24.3 Å². The minimum atomic E-state index is -1.28. The zero-order chi connectivity index (χ0) is 25.3. The number of benzene rings is 1. The summed E-state index contributed by atoms with van der Waals surface area (Å²) in [5, 5.41) is 10.1. The van der Waals surface area contributed by atoms with Crippen molar-refractivity contribution in [2.45, 2.75) is 72.3 Å². The molecule has 0 aliphatic heterocycles. The quantitative estimate of drug-likeness (QED) is 0.656. The van der Waals surface area contributed by atoms with Crippen molar-refractivity contribution in [1.29, 1.82) is 0 Å². The largest absolute Gasteiger partial charge is 0.480 e. The highest BCUT2D eigenvalue weighted by atomic mass is 35.5. The standard InChI is InChI=1S/C23H29ClN2O7/c1-13(26(20(30)32-22(2,3)4)21(31)33-23(5,6)7)16-11-14-9-8-10-15(24)18(14)19(29)25(16)12-17(27)28/h8-11,13H,12H2,1-7H3,(H,27,28).